The SMILES string of the molecule is Nc1ncnc2c1ncn2CCCO[C@H](CP(=O)(O)O)C(=O)O. The van der Waals surface area contributed by atoms with E-state index < -0.39 is 25.8 Å². The number of aryl methyl sites for hydroxylation is 1. The number of anilines is 1. The largest absolute Gasteiger partial charge is 0.479 e. The quantitative estimate of drug-likeness (QED) is 0.359. The Morgan fingerprint density at radius 1 is 1.39 bits per heavy atom. The molecule has 0 saturated heterocycles. The second-order valence-electron chi connectivity index (χ2n) is 4.77. The van der Waals surface area contributed by atoms with Gasteiger partial charge in [-0.05, 0) is 6.42 Å². The highest BCUT2D eigenvalue weighted by molar-refractivity contribution is 7.51. The van der Waals surface area contributed by atoms with Gasteiger partial charge in [-0.2, -0.15) is 0 Å². The first kappa shape index (κ1) is 17.3. The van der Waals surface area contributed by atoms with Crippen LogP contribution in [0.15, 0.2) is 12.7 Å². The van der Waals surface area contributed by atoms with Crippen LogP contribution in [0, 0.1) is 0 Å². The number of carboxylic acid groups (broad SMARTS) is 1. The van der Waals surface area contributed by atoms with Crippen molar-refractivity contribution in [2.75, 3.05) is 18.5 Å². The molecule has 0 spiro atoms. The van der Waals surface area contributed by atoms with Crippen molar-refractivity contribution in [3.05, 3.63) is 12.7 Å². The fraction of sp³-hybridized carbons (Fsp3) is 0.455. The molecule has 2 aromatic rings. The summed E-state index contributed by atoms with van der Waals surface area (Å²) in [6.07, 6.45) is 0.834. The van der Waals surface area contributed by atoms with Crippen molar-refractivity contribution in [3.8, 4) is 0 Å². The van der Waals surface area contributed by atoms with Crippen LogP contribution in [-0.4, -0.2) is 59.3 Å². The van der Waals surface area contributed by atoms with E-state index in [0.29, 0.717) is 24.1 Å². The number of carboxylic acids is 1. The number of hydrogen-bond donors (Lipinski definition) is 4. The maximum Gasteiger partial charge on any atom is 0.333 e. The molecule has 2 heterocycles. The van der Waals surface area contributed by atoms with Gasteiger partial charge in [-0.1, -0.05) is 0 Å². The van der Waals surface area contributed by atoms with Crippen LogP contribution < -0.4 is 5.73 Å². The first-order valence-corrected chi connectivity index (χ1v) is 8.38. The van der Waals surface area contributed by atoms with Crippen molar-refractivity contribution in [1.82, 2.24) is 19.5 Å². The zero-order valence-corrected chi connectivity index (χ0v) is 12.8. The average molecular weight is 345 g/mol. The summed E-state index contributed by atoms with van der Waals surface area (Å²) in [6.45, 7) is 0.437. The molecule has 0 bridgehead atoms. The molecule has 2 rings (SSSR count). The Kier molecular flexibility index (Phi) is 5.26. The van der Waals surface area contributed by atoms with Gasteiger partial charge in [-0.25, -0.2) is 19.7 Å². The van der Waals surface area contributed by atoms with Crippen LogP contribution in [0.5, 0.6) is 0 Å². The molecule has 0 aromatic carbocycles. The molecular weight excluding hydrogens is 329 g/mol. The van der Waals surface area contributed by atoms with Crippen LogP contribution in [0.3, 0.4) is 0 Å². The van der Waals surface area contributed by atoms with Gasteiger partial charge >= 0.3 is 13.6 Å². The molecule has 11 nitrogen and oxygen atoms in total. The van der Waals surface area contributed by atoms with Gasteiger partial charge in [0, 0.05) is 13.2 Å². The van der Waals surface area contributed by atoms with Gasteiger partial charge in [0.15, 0.2) is 17.6 Å². The number of imidazole rings is 1. The second-order valence-corrected chi connectivity index (χ2v) is 6.46. The number of hydrogen-bond acceptors (Lipinski definition) is 7. The fourth-order valence-electron chi connectivity index (χ4n) is 1.94. The molecule has 23 heavy (non-hydrogen) atoms. The summed E-state index contributed by atoms with van der Waals surface area (Å²) in [5.74, 6) is -1.15. The lowest BCUT2D eigenvalue weighted by molar-refractivity contribution is -0.149. The highest BCUT2D eigenvalue weighted by atomic mass is 31.2. The summed E-state index contributed by atoms with van der Waals surface area (Å²) in [6, 6.07) is 0. The molecule has 2 aromatic heterocycles. The predicted molar refractivity (Wildman–Crippen MR) is 78.6 cm³/mol. The van der Waals surface area contributed by atoms with Crippen LogP contribution >= 0.6 is 7.60 Å². The van der Waals surface area contributed by atoms with Crippen LogP contribution in [-0.2, 0) is 20.6 Å². The van der Waals surface area contributed by atoms with Crippen LogP contribution in [0.4, 0.5) is 5.82 Å². The Balaban J connectivity index is 1.90. The fourth-order valence-corrected chi connectivity index (χ4v) is 2.63. The zero-order valence-electron chi connectivity index (χ0n) is 11.9. The number of carbonyl (C=O) groups is 1. The van der Waals surface area contributed by atoms with Crippen molar-refractivity contribution >= 4 is 30.5 Å². The lowest BCUT2D eigenvalue weighted by Crippen LogP contribution is -2.28. The van der Waals surface area contributed by atoms with Crippen molar-refractivity contribution in [1.29, 1.82) is 0 Å². The number of aliphatic carboxylic acids is 1. The van der Waals surface area contributed by atoms with Gasteiger partial charge in [-0.3, -0.25) is 4.57 Å². The maximum atomic E-state index is 10.9. The first-order chi connectivity index (χ1) is 10.8. The van der Waals surface area contributed by atoms with Gasteiger partial charge in [0.2, 0.25) is 0 Å². The van der Waals surface area contributed by atoms with E-state index in [1.165, 1.54) is 12.7 Å². The van der Waals surface area contributed by atoms with Crippen molar-refractivity contribution in [2.45, 2.75) is 19.1 Å². The number of nitrogens with zero attached hydrogens (tertiary/aromatic N) is 4. The minimum absolute atomic E-state index is 0.0111. The Morgan fingerprint density at radius 3 is 2.78 bits per heavy atom. The molecule has 12 heteroatoms. The summed E-state index contributed by atoms with van der Waals surface area (Å²) in [4.78, 5) is 40.5. The van der Waals surface area contributed by atoms with Gasteiger partial charge in [0.05, 0.1) is 12.5 Å². The third-order valence-corrected chi connectivity index (χ3v) is 3.78. The molecule has 0 aliphatic carbocycles. The van der Waals surface area contributed by atoms with E-state index in [1.807, 2.05) is 0 Å². The molecule has 1 atom stereocenters. The first-order valence-electron chi connectivity index (χ1n) is 6.58. The predicted octanol–water partition coefficient (Wildman–Crippen LogP) is -0.554. The minimum Gasteiger partial charge on any atom is -0.479 e. The molecule has 0 fully saturated rings. The lowest BCUT2D eigenvalue weighted by atomic mass is 10.4. The number of ether oxygens (including phenoxy) is 1. The summed E-state index contributed by atoms with van der Waals surface area (Å²) >= 11 is 0. The molecule has 0 amide bonds. The molecule has 0 saturated carbocycles. The maximum absolute atomic E-state index is 10.9. The Morgan fingerprint density at radius 2 is 2.13 bits per heavy atom. The average Bonchev–Trinajstić information content (AvgIpc) is 2.85. The Hall–Kier alpha value is -2.07. The normalized spacial score (nSPS) is 13.3. The number of nitrogens with two attached hydrogens (primary N) is 1. The van der Waals surface area contributed by atoms with Crippen molar-refractivity contribution in [3.63, 3.8) is 0 Å². The summed E-state index contributed by atoms with van der Waals surface area (Å²) in [5.41, 5.74) is 6.68. The molecule has 0 aliphatic rings. The minimum atomic E-state index is -4.46. The summed E-state index contributed by atoms with van der Waals surface area (Å²) < 4.78 is 17.6. The van der Waals surface area contributed by atoms with E-state index >= 15 is 0 Å². The smallest absolute Gasteiger partial charge is 0.333 e. The topological polar surface area (TPSA) is 174 Å². The van der Waals surface area contributed by atoms with E-state index in [1.54, 1.807) is 4.57 Å². The third kappa shape index (κ3) is 4.70. The molecule has 0 radical (unpaired) electrons. The third-order valence-electron chi connectivity index (χ3n) is 2.97. The standard InChI is InChI=1S/C11H16N5O6P/c12-9-8-10(14-5-13-9)16(6-15-8)2-1-3-22-7(11(17)18)4-23(19,20)21/h5-7H,1-4H2,(H,17,18)(H2,12,13,14)(H2,19,20,21)/t7-/m1/s1. The van der Waals surface area contributed by atoms with E-state index in [-0.39, 0.29) is 12.4 Å². The van der Waals surface area contributed by atoms with E-state index in [9.17, 15) is 9.36 Å². The highest BCUT2D eigenvalue weighted by Gasteiger charge is 2.27. The number of fused-ring (bicyclic) bond motifs is 1. The zero-order chi connectivity index (χ0) is 17.0. The van der Waals surface area contributed by atoms with Crippen LogP contribution in [0.1, 0.15) is 6.42 Å². The molecule has 0 unspecified atom stereocenters. The molecular formula is C11H16N5O6P. The molecule has 126 valence electrons. The summed E-state index contributed by atoms with van der Waals surface area (Å²) in [7, 11) is -4.46. The summed E-state index contributed by atoms with van der Waals surface area (Å²) in [5, 5.41) is 8.88. The van der Waals surface area contributed by atoms with Gasteiger partial charge in [0.25, 0.3) is 0 Å². The van der Waals surface area contributed by atoms with E-state index in [4.69, 9.17) is 25.4 Å². The Labute approximate surface area is 130 Å². The van der Waals surface area contributed by atoms with Gasteiger partial charge in [0.1, 0.15) is 11.8 Å². The van der Waals surface area contributed by atoms with Gasteiger partial charge < -0.3 is 29.9 Å². The van der Waals surface area contributed by atoms with Crippen LogP contribution in [0.2, 0.25) is 0 Å². The highest BCUT2D eigenvalue weighted by Crippen LogP contribution is 2.35. The second kappa shape index (κ2) is 7.01. The van der Waals surface area contributed by atoms with E-state index in [2.05, 4.69) is 15.0 Å². The van der Waals surface area contributed by atoms with Crippen LogP contribution in [0.25, 0.3) is 11.2 Å². The lowest BCUT2D eigenvalue weighted by Gasteiger charge is -2.14. The number of aromatic nitrogens is 4. The Bertz CT molecular complexity index is 744. The van der Waals surface area contributed by atoms with Gasteiger partial charge in [-0.15, -0.1) is 0 Å². The molecule has 0 aliphatic heterocycles. The number of nitrogen functional groups attached to an aromatic ring is 1. The monoisotopic (exact) mass is 345 g/mol. The van der Waals surface area contributed by atoms with Crippen molar-refractivity contribution in [2.24, 2.45) is 0 Å². The number of rotatable bonds is 8. The van der Waals surface area contributed by atoms with Crippen molar-refractivity contribution < 1.29 is 29.0 Å². The molecule has 5 N–H and O–H groups in total. The van der Waals surface area contributed by atoms with E-state index in [0.717, 1.165) is 0 Å².